The molecule has 20 heavy (non-hydrogen) atoms. The number of carbonyl (C=O) groups is 1. The number of carbonyl (C=O) groups excluding carboxylic acids is 1. The fourth-order valence-electron chi connectivity index (χ4n) is 4.30. The third-order valence-electron chi connectivity index (χ3n) is 5.30. The predicted molar refractivity (Wildman–Crippen MR) is 83.3 cm³/mol. The molecule has 1 aliphatic heterocycles. The molecule has 0 aromatic heterocycles. The molecule has 1 aliphatic carbocycles. The van der Waals surface area contributed by atoms with Gasteiger partial charge in [0.25, 0.3) is 0 Å². The van der Waals surface area contributed by atoms with E-state index in [0.29, 0.717) is 17.7 Å². The van der Waals surface area contributed by atoms with Gasteiger partial charge in [0, 0.05) is 24.5 Å². The number of nitrogens with zero attached hydrogens (tertiary/aromatic N) is 1. The standard InChI is InChI=1S/C17H32N2O/c1-13(2)11-17(8-4-5-9-17)16(20)19-10-6-7-15(12-19)14(3)18/h13-15H,4-12,18H2,1-3H3. The highest BCUT2D eigenvalue weighted by Crippen LogP contribution is 2.45. The van der Waals surface area contributed by atoms with Crippen LogP contribution in [0.2, 0.25) is 0 Å². The summed E-state index contributed by atoms with van der Waals surface area (Å²) in [7, 11) is 0. The Morgan fingerprint density at radius 1 is 1.25 bits per heavy atom. The van der Waals surface area contributed by atoms with E-state index < -0.39 is 0 Å². The Bertz CT molecular complexity index is 332. The largest absolute Gasteiger partial charge is 0.342 e. The number of likely N-dealkylation sites (tertiary alicyclic amines) is 1. The van der Waals surface area contributed by atoms with Crippen molar-refractivity contribution in [3.63, 3.8) is 0 Å². The Balaban J connectivity index is 2.07. The van der Waals surface area contributed by atoms with Crippen LogP contribution in [0.5, 0.6) is 0 Å². The zero-order valence-electron chi connectivity index (χ0n) is 13.5. The number of hydrogen-bond acceptors (Lipinski definition) is 2. The molecule has 2 unspecified atom stereocenters. The van der Waals surface area contributed by atoms with Gasteiger partial charge in [-0.1, -0.05) is 26.7 Å². The molecule has 3 heteroatoms. The Labute approximate surface area is 124 Å². The molecule has 1 saturated heterocycles. The molecule has 1 saturated carbocycles. The average Bonchev–Trinajstić information content (AvgIpc) is 2.86. The molecule has 0 radical (unpaired) electrons. The summed E-state index contributed by atoms with van der Waals surface area (Å²) in [6, 6.07) is 0.204. The topological polar surface area (TPSA) is 46.3 Å². The number of rotatable bonds is 4. The van der Waals surface area contributed by atoms with Crippen molar-refractivity contribution in [3.05, 3.63) is 0 Å². The maximum Gasteiger partial charge on any atom is 0.228 e. The van der Waals surface area contributed by atoms with E-state index in [1.807, 2.05) is 0 Å². The van der Waals surface area contributed by atoms with Crippen LogP contribution in [-0.2, 0) is 4.79 Å². The summed E-state index contributed by atoms with van der Waals surface area (Å²) in [5, 5.41) is 0. The lowest BCUT2D eigenvalue weighted by molar-refractivity contribution is -0.145. The Kier molecular flexibility index (Phi) is 5.11. The van der Waals surface area contributed by atoms with Gasteiger partial charge in [-0.2, -0.15) is 0 Å². The van der Waals surface area contributed by atoms with Gasteiger partial charge in [0.1, 0.15) is 0 Å². The third kappa shape index (κ3) is 3.36. The fourth-order valence-corrected chi connectivity index (χ4v) is 4.30. The van der Waals surface area contributed by atoms with E-state index in [0.717, 1.165) is 38.8 Å². The first-order valence-corrected chi connectivity index (χ1v) is 8.49. The molecule has 1 heterocycles. The predicted octanol–water partition coefficient (Wildman–Crippen LogP) is 3.18. The van der Waals surface area contributed by atoms with E-state index in [4.69, 9.17) is 5.73 Å². The maximum atomic E-state index is 13.1. The summed E-state index contributed by atoms with van der Waals surface area (Å²) < 4.78 is 0. The van der Waals surface area contributed by atoms with E-state index in [9.17, 15) is 4.79 Å². The highest BCUT2D eigenvalue weighted by molar-refractivity contribution is 5.83. The molecule has 2 N–H and O–H groups in total. The molecule has 2 rings (SSSR count). The van der Waals surface area contributed by atoms with Crippen molar-refractivity contribution >= 4 is 5.91 Å². The highest BCUT2D eigenvalue weighted by atomic mass is 16.2. The normalized spacial score (nSPS) is 27.9. The minimum absolute atomic E-state index is 0.0477. The van der Waals surface area contributed by atoms with Crippen molar-refractivity contribution in [2.45, 2.75) is 71.8 Å². The van der Waals surface area contributed by atoms with Gasteiger partial charge < -0.3 is 10.6 Å². The number of hydrogen-bond donors (Lipinski definition) is 1. The molecule has 2 aliphatic rings. The summed E-state index contributed by atoms with van der Waals surface area (Å²) >= 11 is 0. The molecule has 2 fully saturated rings. The summed E-state index contributed by atoms with van der Waals surface area (Å²) in [6.07, 6.45) is 8.01. The van der Waals surface area contributed by atoms with Crippen LogP contribution in [0.1, 0.15) is 65.7 Å². The van der Waals surface area contributed by atoms with Crippen LogP contribution >= 0.6 is 0 Å². The van der Waals surface area contributed by atoms with Gasteiger partial charge in [0.2, 0.25) is 5.91 Å². The van der Waals surface area contributed by atoms with Gasteiger partial charge in [-0.3, -0.25) is 4.79 Å². The molecule has 0 spiro atoms. The SMILES string of the molecule is CC(C)CC1(C(=O)N2CCCC(C(C)N)C2)CCCC1. The molecule has 0 aromatic carbocycles. The zero-order chi connectivity index (χ0) is 14.8. The maximum absolute atomic E-state index is 13.1. The number of nitrogens with two attached hydrogens (primary N) is 1. The van der Waals surface area contributed by atoms with E-state index in [-0.39, 0.29) is 11.5 Å². The van der Waals surface area contributed by atoms with Crippen LogP contribution in [0.4, 0.5) is 0 Å². The van der Waals surface area contributed by atoms with Gasteiger partial charge in [0.05, 0.1) is 0 Å². The molecular weight excluding hydrogens is 248 g/mol. The van der Waals surface area contributed by atoms with Gasteiger partial charge in [-0.05, 0) is 50.9 Å². The summed E-state index contributed by atoms with van der Waals surface area (Å²) in [5.41, 5.74) is 6.01. The van der Waals surface area contributed by atoms with Gasteiger partial charge in [-0.15, -0.1) is 0 Å². The first kappa shape index (κ1) is 15.8. The van der Waals surface area contributed by atoms with Crippen molar-refractivity contribution in [2.75, 3.05) is 13.1 Å². The lowest BCUT2D eigenvalue weighted by atomic mass is 9.76. The van der Waals surface area contributed by atoms with Crippen molar-refractivity contribution in [2.24, 2.45) is 23.0 Å². The summed E-state index contributed by atoms with van der Waals surface area (Å²) in [6.45, 7) is 8.40. The highest BCUT2D eigenvalue weighted by Gasteiger charge is 2.44. The first-order valence-electron chi connectivity index (χ1n) is 8.49. The number of piperidine rings is 1. The Hall–Kier alpha value is -0.570. The van der Waals surface area contributed by atoms with Gasteiger partial charge in [0.15, 0.2) is 0 Å². The third-order valence-corrected chi connectivity index (χ3v) is 5.30. The van der Waals surface area contributed by atoms with Crippen molar-refractivity contribution < 1.29 is 4.79 Å². The van der Waals surface area contributed by atoms with Crippen LogP contribution < -0.4 is 5.73 Å². The summed E-state index contributed by atoms with van der Waals surface area (Å²) in [5.74, 6) is 1.53. The molecule has 0 aromatic rings. The van der Waals surface area contributed by atoms with E-state index in [2.05, 4.69) is 25.7 Å². The van der Waals surface area contributed by atoms with E-state index in [1.54, 1.807) is 0 Å². The fraction of sp³-hybridized carbons (Fsp3) is 0.941. The lowest BCUT2D eigenvalue weighted by Gasteiger charge is -2.40. The lowest BCUT2D eigenvalue weighted by Crippen LogP contribution is -2.50. The van der Waals surface area contributed by atoms with Crippen LogP contribution in [0.25, 0.3) is 0 Å². The van der Waals surface area contributed by atoms with Crippen molar-refractivity contribution in [1.82, 2.24) is 4.90 Å². The van der Waals surface area contributed by atoms with Gasteiger partial charge >= 0.3 is 0 Å². The first-order chi connectivity index (χ1) is 9.44. The second-order valence-corrected chi connectivity index (χ2v) is 7.60. The summed E-state index contributed by atoms with van der Waals surface area (Å²) in [4.78, 5) is 15.3. The zero-order valence-corrected chi connectivity index (χ0v) is 13.5. The van der Waals surface area contributed by atoms with Crippen LogP contribution in [0, 0.1) is 17.3 Å². The minimum atomic E-state index is -0.0477. The molecular formula is C17H32N2O. The van der Waals surface area contributed by atoms with E-state index in [1.165, 1.54) is 19.3 Å². The molecule has 1 amide bonds. The van der Waals surface area contributed by atoms with Crippen LogP contribution in [-0.4, -0.2) is 29.9 Å². The minimum Gasteiger partial charge on any atom is -0.342 e. The van der Waals surface area contributed by atoms with E-state index >= 15 is 0 Å². The monoisotopic (exact) mass is 280 g/mol. The van der Waals surface area contributed by atoms with Crippen molar-refractivity contribution in [1.29, 1.82) is 0 Å². The smallest absolute Gasteiger partial charge is 0.228 e. The van der Waals surface area contributed by atoms with Crippen LogP contribution in [0.15, 0.2) is 0 Å². The Morgan fingerprint density at radius 3 is 2.45 bits per heavy atom. The van der Waals surface area contributed by atoms with Gasteiger partial charge in [-0.25, -0.2) is 0 Å². The second kappa shape index (κ2) is 6.46. The quantitative estimate of drug-likeness (QED) is 0.859. The van der Waals surface area contributed by atoms with Crippen molar-refractivity contribution in [3.8, 4) is 0 Å². The van der Waals surface area contributed by atoms with Crippen LogP contribution in [0.3, 0.4) is 0 Å². The molecule has 116 valence electrons. The average molecular weight is 280 g/mol. The Morgan fingerprint density at radius 2 is 1.90 bits per heavy atom. The molecule has 0 bridgehead atoms. The molecule has 2 atom stereocenters. The number of amides is 1. The molecule has 3 nitrogen and oxygen atoms in total. The second-order valence-electron chi connectivity index (χ2n) is 7.60.